The predicted octanol–water partition coefficient (Wildman–Crippen LogP) is 4.13. The summed E-state index contributed by atoms with van der Waals surface area (Å²) in [4.78, 5) is 23.9. The number of halogens is 2. The first-order valence-electron chi connectivity index (χ1n) is 8.56. The first-order chi connectivity index (χ1) is 13.9. The summed E-state index contributed by atoms with van der Waals surface area (Å²) in [5.41, 5.74) is 1.22. The van der Waals surface area contributed by atoms with Gasteiger partial charge in [0.25, 0.3) is 5.91 Å². The van der Waals surface area contributed by atoms with Crippen LogP contribution in [0.25, 0.3) is 0 Å². The smallest absolute Gasteiger partial charge is 0.306 e. The minimum atomic E-state index is -0.516. The van der Waals surface area contributed by atoms with Gasteiger partial charge in [-0.15, -0.1) is 0 Å². The number of hydrogen-bond donors (Lipinski definition) is 1. The quantitative estimate of drug-likeness (QED) is 0.588. The first kappa shape index (κ1) is 22.6. The van der Waals surface area contributed by atoms with E-state index in [-0.39, 0.29) is 6.42 Å². The van der Waals surface area contributed by atoms with E-state index in [1.54, 1.807) is 18.2 Å². The molecule has 0 atom stereocenters. The third kappa shape index (κ3) is 6.73. The molecule has 2 aromatic rings. The summed E-state index contributed by atoms with van der Waals surface area (Å²) in [6.07, 6.45) is 0.454. The van der Waals surface area contributed by atoms with E-state index in [0.717, 1.165) is 5.56 Å². The lowest BCUT2D eigenvalue weighted by atomic mass is 10.1. The van der Waals surface area contributed by atoms with E-state index in [9.17, 15) is 9.59 Å². The molecule has 0 saturated carbocycles. The lowest BCUT2D eigenvalue weighted by Crippen LogP contribution is -2.21. The summed E-state index contributed by atoms with van der Waals surface area (Å²) in [5, 5.41) is 3.33. The zero-order valence-corrected chi connectivity index (χ0v) is 17.7. The molecular weight excluding hydrogens is 421 g/mol. The number of carbonyl (C=O) groups excluding carboxylic acids is 2. The minimum absolute atomic E-state index is 0.0783. The summed E-state index contributed by atoms with van der Waals surface area (Å²) in [5.74, 6) is 0.450. The Kier molecular flexibility index (Phi) is 8.42. The highest BCUT2D eigenvalue weighted by Gasteiger charge is 2.15. The van der Waals surface area contributed by atoms with Crippen molar-refractivity contribution in [2.24, 2.45) is 0 Å². The van der Waals surface area contributed by atoms with Crippen molar-refractivity contribution >= 4 is 40.8 Å². The summed E-state index contributed by atoms with van der Waals surface area (Å²) in [6.45, 7) is -0.418. The van der Waals surface area contributed by atoms with Gasteiger partial charge in [-0.3, -0.25) is 9.59 Å². The van der Waals surface area contributed by atoms with Crippen LogP contribution in [0.3, 0.4) is 0 Å². The number of carbonyl (C=O) groups is 2. The normalized spacial score (nSPS) is 10.2. The second-order valence-corrected chi connectivity index (χ2v) is 6.77. The maximum Gasteiger partial charge on any atom is 0.306 e. The molecule has 2 rings (SSSR count). The van der Waals surface area contributed by atoms with Gasteiger partial charge in [0.1, 0.15) is 0 Å². The molecule has 0 aliphatic rings. The van der Waals surface area contributed by atoms with Crippen molar-refractivity contribution in [3.8, 4) is 17.2 Å². The van der Waals surface area contributed by atoms with Crippen molar-refractivity contribution < 1.29 is 28.5 Å². The Bertz CT molecular complexity index is 842. The van der Waals surface area contributed by atoms with Crippen molar-refractivity contribution in [1.29, 1.82) is 0 Å². The van der Waals surface area contributed by atoms with Crippen LogP contribution in [0.4, 0.5) is 5.69 Å². The number of methoxy groups -OCH3 is 3. The standard InChI is InChI=1S/C20H21Cl2NO6/c1-26-16-6-12(7-17(27-2)20(16)28-3)4-5-19(25)29-11-18(24)23-15-9-13(21)8-14(22)10-15/h6-10H,4-5,11H2,1-3H3,(H,23,24). The number of rotatable bonds is 9. The molecule has 0 aromatic heterocycles. The van der Waals surface area contributed by atoms with E-state index in [4.69, 9.17) is 42.1 Å². The molecule has 0 aliphatic carbocycles. The summed E-state index contributed by atoms with van der Waals surface area (Å²) >= 11 is 11.8. The van der Waals surface area contributed by atoms with Crippen molar-refractivity contribution in [3.63, 3.8) is 0 Å². The number of ether oxygens (including phenoxy) is 4. The van der Waals surface area contributed by atoms with Crippen LogP contribution in [0.1, 0.15) is 12.0 Å². The van der Waals surface area contributed by atoms with Gasteiger partial charge in [0, 0.05) is 22.2 Å². The average Bonchev–Trinajstić information content (AvgIpc) is 2.68. The Morgan fingerprint density at radius 3 is 2.00 bits per heavy atom. The Balaban J connectivity index is 1.87. The molecule has 0 spiro atoms. The molecule has 0 radical (unpaired) electrons. The van der Waals surface area contributed by atoms with E-state index in [1.165, 1.54) is 33.5 Å². The third-order valence-corrected chi connectivity index (χ3v) is 4.29. The number of aryl methyl sites for hydroxylation is 1. The van der Waals surface area contributed by atoms with Crippen LogP contribution >= 0.6 is 23.2 Å². The van der Waals surface area contributed by atoms with Gasteiger partial charge in [-0.05, 0) is 42.3 Å². The highest BCUT2D eigenvalue weighted by Crippen LogP contribution is 2.38. The number of benzene rings is 2. The molecule has 0 saturated heterocycles. The fourth-order valence-corrected chi connectivity index (χ4v) is 3.09. The van der Waals surface area contributed by atoms with Crippen LogP contribution in [0, 0.1) is 0 Å². The Hall–Kier alpha value is -2.64. The largest absolute Gasteiger partial charge is 0.493 e. The van der Waals surface area contributed by atoms with Crippen molar-refractivity contribution in [3.05, 3.63) is 45.9 Å². The molecule has 0 aliphatic heterocycles. The Labute approximate surface area is 178 Å². The maximum atomic E-state index is 12.0. The van der Waals surface area contributed by atoms with E-state index in [0.29, 0.717) is 39.4 Å². The molecular formula is C20H21Cl2NO6. The van der Waals surface area contributed by atoms with E-state index in [1.807, 2.05) is 0 Å². The van der Waals surface area contributed by atoms with Gasteiger partial charge in [0.2, 0.25) is 5.75 Å². The Morgan fingerprint density at radius 2 is 1.48 bits per heavy atom. The van der Waals surface area contributed by atoms with Crippen LogP contribution in [-0.2, 0) is 20.7 Å². The number of nitrogens with one attached hydrogen (secondary N) is 1. The second kappa shape index (κ2) is 10.8. The van der Waals surface area contributed by atoms with Gasteiger partial charge < -0.3 is 24.3 Å². The highest BCUT2D eigenvalue weighted by molar-refractivity contribution is 6.35. The maximum absolute atomic E-state index is 12.0. The fraction of sp³-hybridized carbons (Fsp3) is 0.300. The molecule has 1 amide bonds. The van der Waals surface area contributed by atoms with Gasteiger partial charge in [-0.1, -0.05) is 23.2 Å². The molecule has 0 unspecified atom stereocenters. The topological polar surface area (TPSA) is 83.1 Å². The highest BCUT2D eigenvalue weighted by atomic mass is 35.5. The average molecular weight is 442 g/mol. The lowest BCUT2D eigenvalue weighted by Gasteiger charge is -2.14. The molecule has 2 aromatic carbocycles. The Morgan fingerprint density at radius 1 is 0.897 bits per heavy atom. The molecule has 156 valence electrons. The number of hydrogen-bond acceptors (Lipinski definition) is 6. The van der Waals surface area contributed by atoms with Crippen LogP contribution in [0.2, 0.25) is 10.0 Å². The van der Waals surface area contributed by atoms with E-state index < -0.39 is 18.5 Å². The number of amides is 1. The molecule has 0 heterocycles. The SMILES string of the molecule is COc1cc(CCC(=O)OCC(=O)Nc2cc(Cl)cc(Cl)c2)cc(OC)c1OC. The number of esters is 1. The molecule has 1 N–H and O–H groups in total. The zero-order valence-electron chi connectivity index (χ0n) is 16.2. The molecule has 7 nitrogen and oxygen atoms in total. The van der Waals surface area contributed by atoms with Gasteiger partial charge in [-0.25, -0.2) is 0 Å². The summed E-state index contributed by atoms with van der Waals surface area (Å²) in [6, 6.07) is 8.13. The fourth-order valence-electron chi connectivity index (χ4n) is 2.57. The van der Waals surface area contributed by atoms with Gasteiger partial charge in [-0.2, -0.15) is 0 Å². The molecule has 0 bridgehead atoms. The van der Waals surface area contributed by atoms with Gasteiger partial charge in [0.15, 0.2) is 18.1 Å². The summed E-state index contributed by atoms with van der Waals surface area (Å²) in [7, 11) is 4.54. The van der Waals surface area contributed by atoms with Crippen molar-refractivity contribution in [2.75, 3.05) is 33.3 Å². The predicted molar refractivity (Wildman–Crippen MR) is 110 cm³/mol. The van der Waals surface area contributed by atoms with Crippen molar-refractivity contribution in [2.45, 2.75) is 12.8 Å². The van der Waals surface area contributed by atoms with Crippen LogP contribution < -0.4 is 19.5 Å². The van der Waals surface area contributed by atoms with Crippen LogP contribution in [0.5, 0.6) is 17.2 Å². The monoisotopic (exact) mass is 441 g/mol. The van der Waals surface area contributed by atoms with Crippen LogP contribution in [-0.4, -0.2) is 39.8 Å². The molecule has 29 heavy (non-hydrogen) atoms. The molecule has 9 heteroatoms. The van der Waals surface area contributed by atoms with E-state index >= 15 is 0 Å². The molecule has 0 fully saturated rings. The number of anilines is 1. The van der Waals surface area contributed by atoms with Crippen LogP contribution in [0.15, 0.2) is 30.3 Å². The third-order valence-electron chi connectivity index (χ3n) is 3.85. The van der Waals surface area contributed by atoms with Crippen molar-refractivity contribution in [1.82, 2.24) is 0 Å². The summed E-state index contributed by atoms with van der Waals surface area (Å²) < 4.78 is 20.8. The zero-order chi connectivity index (χ0) is 21.4. The first-order valence-corrected chi connectivity index (χ1v) is 9.32. The minimum Gasteiger partial charge on any atom is -0.493 e. The second-order valence-electron chi connectivity index (χ2n) is 5.90. The lowest BCUT2D eigenvalue weighted by molar-refractivity contribution is -0.147. The van der Waals surface area contributed by atoms with E-state index in [2.05, 4.69) is 5.32 Å². The van der Waals surface area contributed by atoms with Gasteiger partial charge >= 0.3 is 5.97 Å². The van der Waals surface area contributed by atoms with Gasteiger partial charge in [0.05, 0.1) is 21.3 Å².